The van der Waals surface area contributed by atoms with Crippen LogP contribution in [-0.4, -0.2) is 34.7 Å². The van der Waals surface area contributed by atoms with E-state index in [-0.39, 0.29) is 23.1 Å². The number of carbonyl (C=O) groups is 2. The first-order valence-corrected chi connectivity index (χ1v) is 12.5. The van der Waals surface area contributed by atoms with Crippen molar-refractivity contribution in [2.45, 2.75) is 20.3 Å². The highest BCUT2D eigenvalue weighted by Gasteiger charge is 2.25. The van der Waals surface area contributed by atoms with Gasteiger partial charge in [-0.2, -0.15) is 10.4 Å². The van der Waals surface area contributed by atoms with Crippen LogP contribution in [0.3, 0.4) is 0 Å². The minimum atomic E-state index is -0.341. The molecule has 0 bridgehead atoms. The molecule has 8 nitrogen and oxygen atoms in total. The van der Waals surface area contributed by atoms with E-state index in [4.69, 9.17) is 11.6 Å². The molecule has 0 fully saturated rings. The number of halogens is 1. The highest BCUT2D eigenvalue weighted by Crippen LogP contribution is 2.26. The van der Waals surface area contributed by atoms with Crippen LogP contribution in [0.25, 0.3) is 5.69 Å². The molecule has 0 unspecified atom stereocenters. The number of aryl methyl sites for hydroxylation is 2. The smallest absolute Gasteiger partial charge is 0.319 e. The number of urea groups is 1. The summed E-state index contributed by atoms with van der Waals surface area (Å²) in [7, 11) is 0. The average molecular weight is 527 g/mol. The van der Waals surface area contributed by atoms with Gasteiger partial charge in [-0.3, -0.25) is 4.79 Å². The average Bonchev–Trinajstić information content (AvgIpc) is 3.28. The fourth-order valence-corrected chi connectivity index (χ4v) is 3.89. The maximum absolute atomic E-state index is 13.3. The standard InChI is InChI=1S/C29H27ClN6O2/c1-19-4-8-21(9-5-19)27(37)26-25(18-31)28(36(35-26)24-14-10-22(30)11-15-24)32-16-3-17-33-29(38)34-23-12-6-20(2)7-13-23/h4-15,32H,3,16-17H2,1-2H3,(H2,33,34,38). The van der Waals surface area contributed by atoms with Crippen molar-refractivity contribution in [1.29, 1.82) is 5.26 Å². The lowest BCUT2D eigenvalue weighted by molar-refractivity contribution is 0.103. The summed E-state index contributed by atoms with van der Waals surface area (Å²) in [5.41, 5.74) is 4.15. The Balaban J connectivity index is 1.48. The van der Waals surface area contributed by atoms with E-state index in [9.17, 15) is 14.9 Å². The monoisotopic (exact) mass is 526 g/mol. The van der Waals surface area contributed by atoms with E-state index < -0.39 is 0 Å². The van der Waals surface area contributed by atoms with Gasteiger partial charge in [-0.15, -0.1) is 0 Å². The molecule has 0 saturated heterocycles. The maximum Gasteiger partial charge on any atom is 0.319 e. The van der Waals surface area contributed by atoms with Crippen LogP contribution in [0.15, 0.2) is 72.8 Å². The van der Waals surface area contributed by atoms with Crippen LogP contribution in [-0.2, 0) is 0 Å². The summed E-state index contributed by atoms with van der Waals surface area (Å²) in [6.07, 6.45) is 0.569. The predicted molar refractivity (Wildman–Crippen MR) is 149 cm³/mol. The van der Waals surface area contributed by atoms with E-state index in [1.165, 1.54) is 4.68 Å². The number of nitrogens with one attached hydrogen (secondary N) is 3. The molecule has 0 aliphatic carbocycles. The highest BCUT2D eigenvalue weighted by molar-refractivity contribution is 6.30. The van der Waals surface area contributed by atoms with Gasteiger partial charge in [0.05, 0.1) is 5.69 Å². The molecular weight excluding hydrogens is 500 g/mol. The molecule has 0 atom stereocenters. The zero-order valence-corrected chi connectivity index (χ0v) is 21.8. The van der Waals surface area contributed by atoms with Gasteiger partial charge in [-0.25, -0.2) is 9.48 Å². The Kier molecular flexibility index (Phi) is 8.41. The van der Waals surface area contributed by atoms with Crippen molar-refractivity contribution in [3.05, 3.63) is 106 Å². The number of hydrogen-bond donors (Lipinski definition) is 3. The molecule has 4 rings (SSSR count). The molecule has 0 radical (unpaired) electrons. The molecule has 4 aromatic rings. The summed E-state index contributed by atoms with van der Waals surface area (Å²) in [6.45, 7) is 4.75. The largest absolute Gasteiger partial charge is 0.369 e. The number of carbonyl (C=O) groups excluding carboxylic acids is 2. The van der Waals surface area contributed by atoms with E-state index >= 15 is 0 Å². The Morgan fingerprint density at radius 2 is 1.55 bits per heavy atom. The zero-order chi connectivity index (χ0) is 27.1. The summed E-state index contributed by atoms with van der Waals surface area (Å²) in [5.74, 6) is 0.0566. The summed E-state index contributed by atoms with van der Waals surface area (Å²) in [4.78, 5) is 25.5. The van der Waals surface area contributed by atoms with Crippen molar-refractivity contribution in [2.24, 2.45) is 0 Å². The first-order valence-electron chi connectivity index (χ1n) is 12.1. The molecule has 0 aliphatic rings. The summed E-state index contributed by atoms with van der Waals surface area (Å²) < 4.78 is 1.54. The molecule has 1 aromatic heterocycles. The molecule has 192 valence electrons. The molecule has 1 heterocycles. The van der Waals surface area contributed by atoms with E-state index in [1.54, 1.807) is 36.4 Å². The summed E-state index contributed by atoms with van der Waals surface area (Å²) >= 11 is 6.06. The van der Waals surface area contributed by atoms with Crippen LogP contribution in [0.2, 0.25) is 5.02 Å². The second-order valence-electron chi connectivity index (χ2n) is 8.79. The SMILES string of the molecule is Cc1ccc(NC(=O)NCCCNc2c(C#N)c(C(=O)c3ccc(C)cc3)nn2-c2ccc(Cl)cc2)cc1. The normalized spacial score (nSPS) is 10.5. The Morgan fingerprint density at radius 3 is 2.18 bits per heavy atom. The number of ketones is 1. The topological polar surface area (TPSA) is 112 Å². The molecule has 2 amide bonds. The van der Waals surface area contributed by atoms with Gasteiger partial charge in [0.15, 0.2) is 5.69 Å². The van der Waals surface area contributed by atoms with Gasteiger partial charge < -0.3 is 16.0 Å². The van der Waals surface area contributed by atoms with Crippen LogP contribution in [0.4, 0.5) is 16.3 Å². The van der Waals surface area contributed by atoms with Crippen LogP contribution >= 0.6 is 11.6 Å². The van der Waals surface area contributed by atoms with E-state index in [1.807, 2.05) is 50.2 Å². The third-order valence-electron chi connectivity index (χ3n) is 5.84. The molecule has 0 saturated carbocycles. The number of nitriles is 1. The van der Waals surface area contributed by atoms with Crippen molar-refractivity contribution in [3.63, 3.8) is 0 Å². The van der Waals surface area contributed by atoms with E-state index in [0.717, 1.165) is 11.1 Å². The van der Waals surface area contributed by atoms with Gasteiger partial charge in [0.2, 0.25) is 5.78 Å². The molecular formula is C29H27ClN6O2. The number of hydrogen-bond acceptors (Lipinski definition) is 5. The number of benzene rings is 3. The number of rotatable bonds is 9. The lowest BCUT2D eigenvalue weighted by atomic mass is 10.0. The van der Waals surface area contributed by atoms with E-state index in [0.29, 0.717) is 47.3 Å². The predicted octanol–water partition coefficient (Wildman–Crippen LogP) is 5.87. The lowest BCUT2D eigenvalue weighted by Crippen LogP contribution is -2.30. The third-order valence-corrected chi connectivity index (χ3v) is 6.09. The second kappa shape index (κ2) is 12.1. The van der Waals surface area contributed by atoms with Gasteiger partial charge in [0.25, 0.3) is 0 Å². The molecule has 0 spiro atoms. The number of nitrogens with zero attached hydrogens (tertiary/aromatic N) is 3. The lowest BCUT2D eigenvalue weighted by Gasteiger charge is -2.11. The Labute approximate surface area is 226 Å². The van der Waals surface area contributed by atoms with Crippen LogP contribution < -0.4 is 16.0 Å². The fraction of sp³-hybridized carbons (Fsp3) is 0.172. The van der Waals surface area contributed by atoms with Crippen LogP contribution in [0.1, 0.15) is 39.2 Å². The second-order valence-corrected chi connectivity index (χ2v) is 9.23. The Hall–Kier alpha value is -4.61. The molecule has 9 heteroatoms. The van der Waals surface area contributed by atoms with Crippen molar-refractivity contribution < 1.29 is 9.59 Å². The van der Waals surface area contributed by atoms with Crippen LogP contribution in [0.5, 0.6) is 0 Å². The van der Waals surface area contributed by atoms with Crippen molar-refractivity contribution in [3.8, 4) is 11.8 Å². The van der Waals surface area contributed by atoms with Crippen LogP contribution in [0, 0.1) is 25.2 Å². The van der Waals surface area contributed by atoms with Gasteiger partial charge >= 0.3 is 6.03 Å². The summed E-state index contributed by atoms with van der Waals surface area (Å²) in [5, 5.41) is 23.9. The Bertz CT molecular complexity index is 1470. The van der Waals surface area contributed by atoms with Crippen molar-refractivity contribution >= 4 is 34.9 Å². The summed E-state index contributed by atoms with van der Waals surface area (Å²) in [6, 6.07) is 23.5. The fourth-order valence-electron chi connectivity index (χ4n) is 3.77. The number of amides is 2. The third kappa shape index (κ3) is 6.38. The zero-order valence-electron chi connectivity index (χ0n) is 21.1. The number of anilines is 2. The highest BCUT2D eigenvalue weighted by atomic mass is 35.5. The Morgan fingerprint density at radius 1 is 0.921 bits per heavy atom. The molecule has 3 N–H and O–H groups in total. The maximum atomic E-state index is 13.3. The molecule has 0 aliphatic heterocycles. The van der Waals surface area contributed by atoms with E-state index in [2.05, 4.69) is 27.1 Å². The minimum absolute atomic E-state index is 0.0596. The molecule has 38 heavy (non-hydrogen) atoms. The minimum Gasteiger partial charge on any atom is -0.369 e. The first kappa shape index (κ1) is 26.5. The van der Waals surface area contributed by atoms with Gasteiger partial charge in [-0.05, 0) is 56.7 Å². The van der Waals surface area contributed by atoms with Gasteiger partial charge in [0, 0.05) is 29.4 Å². The quantitative estimate of drug-likeness (QED) is 0.186. The van der Waals surface area contributed by atoms with Gasteiger partial charge in [0.1, 0.15) is 17.5 Å². The van der Waals surface area contributed by atoms with Crippen molar-refractivity contribution in [1.82, 2.24) is 15.1 Å². The van der Waals surface area contributed by atoms with Crippen molar-refractivity contribution in [2.75, 3.05) is 23.7 Å². The molecule has 3 aromatic carbocycles. The first-order chi connectivity index (χ1) is 18.4. The van der Waals surface area contributed by atoms with Gasteiger partial charge in [-0.1, -0.05) is 59.1 Å². The number of aromatic nitrogens is 2.